The number of carbonyl (C=O) groups is 2. The Hall–Kier alpha value is -3.66. The minimum atomic E-state index is -0.553. The molecular formula is C22H22N4O3. The number of amides is 2. The van der Waals surface area contributed by atoms with Crippen molar-refractivity contribution < 1.29 is 14.3 Å². The number of terminal acetylenes is 1. The van der Waals surface area contributed by atoms with Crippen LogP contribution >= 0.6 is 0 Å². The van der Waals surface area contributed by atoms with Crippen molar-refractivity contribution in [3.05, 3.63) is 65.2 Å². The summed E-state index contributed by atoms with van der Waals surface area (Å²) >= 11 is 0. The highest BCUT2D eigenvalue weighted by molar-refractivity contribution is 5.95. The molecule has 148 valence electrons. The Morgan fingerprint density at radius 3 is 2.66 bits per heavy atom. The Labute approximate surface area is 169 Å². The Balaban J connectivity index is 1.53. The number of nitrogens with one attached hydrogen (secondary N) is 1. The Morgan fingerprint density at radius 2 is 1.93 bits per heavy atom. The van der Waals surface area contributed by atoms with Gasteiger partial charge < -0.3 is 15.8 Å². The first-order valence-electron chi connectivity index (χ1n) is 9.29. The lowest BCUT2D eigenvalue weighted by atomic mass is 10.0. The average molecular weight is 390 g/mol. The van der Waals surface area contributed by atoms with Crippen molar-refractivity contribution in [2.24, 2.45) is 16.0 Å². The molecule has 29 heavy (non-hydrogen) atoms. The maximum Gasteiger partial charge on any atom is 0.252 e. The van der Waals surface area contributed by atoms with Crippen LogP contribution in [-0.2, 0) is 6.61 Å². The van der Waals surface area contributed by atoms with E-state index in [9.17, 15) is 9.59 Å². The molecule has 7 heteroatoms. The summed E-state index contributed by atoms with van der Waals surface area (Å²) in [5, 5.41) is 11.0. The summed E-state index contributed by atoms with van der Waals surface area (Å²) in [5.74, 6) is 2.25. The summed E-state index contributed by atoms with van der Waals surface area (Å²) in [6.45, 7) is 0.668. The Bertz CT molecular complexity index is 972. The lowest BCUT2D eigenvalue weighted by Gasteiger charge is -2.12. The maximum atomic E-state index is 12.4. The SMILES string of the molecule is C#CCCC1(CCNC(=O)c2cccc(COc3ccccc3C(N)=O)c2)N=N1. The molecule has 0 aromatic heterocycles. The standard InChI is InChI=1S/C22H22N4O3/c1-2-3-11-22(25-26-22)12-13-24-21(28)17-8-6-7-16(14-17)15-29-19-10-5-4-9-18(19)20(23)27/h1,4-10,14H,3,11-13,15H2,(H2,23,27)(H,24,28). The number of primary amides is 1. The van der Waals surface area contributed by atoms with E-state index < -0.39 is 11.6 Å². The second kappa shape index (κ2) is 9.02. The van der Waals surface area contributed by atoms with Crippen LogP contribution in [0.4, 0.5) is 0 Å². The molecule has 0 unspecified atom stereocenters. The van der Waals surface area contributed by atoms with Crippen molar-refractivity contribution in [2.45, 2.75) is 31.5 Å². The molecule has 7 nitrogen and oxygen atoms in total. The van der Waals surface area contributed by atoms with Crippen molar-refractivity contribution in [1.82, 2.24) is 5.32 Å². The fourth-order valence-corrected chi connectivity index (χ4v) is 2.91. The molecule has 0 radical (unpaired) electrons. The topological polar surface area (TPSA) is 106 Å². The number of rotatable bonds is 10. The minimum Gasteiger partial charge on any atom is -0.488 e. The smallest absolute Gasteiger partial charge is 0.252 e. The van der Waals surface area contributed by atoms with Crippen molar-refractivity contribution in [2.75, 3.05) is 6.54 Å². The van der Waals surface area contributed by atoms with E-state index >= 15 is 0 Å². The van der Waals surface area contributed by atoms with E-state index in [1.807, 2.05) is 6.07 Å². The van der Waals surface area contributed by atoms with Gasteiger partial charge in [0.1, 0.15) is 12.4 Å². The van der Waals surface area contributed by atoms with Crippen molar-refractivity contribution in [1.29, 1.82) is 0 Å². The number of benzene rings is 2. The zero-order valence-electron chi connectivity index (χ0n) is 15.9. The molecule has 0 spiro atoms. The summed E-state index contributed by atoms with van der Waals surface area (Å²) < 4.78 is 5.72. The van der Waals surface area contributed by atoms with Crippen LogP contribution in [0.15, 0.2) is 58.8 Å². The van der Waals surface area contributed by atoms with Crippen molar-refractivity contribution in [3.63, 3.8) is 0 Å². The predicted octanol–water partition coefficient (Wildman–Crippen LogP) is 3.06. The number of nitrogens with two attached hydrogens (primary N) is 1. The highest BCUT2D eigenvalue weighted by atomic mass is 16.5. The van der Waals surface area contributed by atoms with Gasteiger partial charge in [-0.15, -0.1) is 12.3 Å². The molecule has 0 fully saturated rings. The number of ether oxygens (including phenoxy) is 1. The third-order valence-corrected chi connectivity index (χ3v) is 4.60. The zero-order chi connectivity index (χ0) is 20.7. The number of nitrogens with zero attached hydrogens (tertiary/aromatic N) is 2. The summed E-state index contributed by atoms with van der Waals surface area (Å²) in [5.41, 5.74) is 6.59. The fraction of sp³-hybridized carbons (Fsp3) is 0.273. The third kappa shape index (κ3) is 5.42. The van der Waals surface area contributed by atoms with E-state index in [0.717, 1.165) is 5.56 Å². The second-order valence-electron chi connectivity index (χ2n) is 6.74. The van der Waals surface area contributed by atoms with Gasteiger partial charge in [-0.3, -0.25) is 9.59 Å². The normalized spacial score (nSPS) is 13.3. The molecule has 0 saturated carbocycles. The number of carbonyl (C=O) groups excluding carboxylic acids is 2. The van der Waals surface area contributed by atoms with Crippen molar-refractivity contribution in [3.8, 4) is 18.1 Å². The van der Waals surface area contributed by atoms with Crippen LogP contribution in [0.3, 0.4) is 0 Å². The van der Waals surface area contributed by atoms with Gasteiger partial charge in [-0.25, -0.2) is 0 Å². The molecule has 0 saturated heterocycles. The van der Waals surface area contributed by atoms with Crippen LogP contribution in [0.5, 0.6) is 5.75 Å². The summed E-state index contributed by atoms with van der Waals surface area (Å²) in [4.78, 5) is 23.9. The molecule has 2 amide bonds. The third-order valence-electron chi connectivity index (χ3n) is 4.60. The highest BCUT2D eigenvalue weighted by Crippen LogP contribution is 2.36. The minimum absolute atomic E-state index is 0.183. The zero-order valence-corrected chi connectivity index (χ0v) is 15.9. The molecule has 0 bridgehead atoms. The van der Waals surface area contributed by atoms with Gasteiger partial charge >= 0.3 is 0 Å². The Morgan fingerprint density at radius 1 is 1.14 bits per heavy atom. The van der Waals surface area contributed by atoms with Crippen LogP contribution in [0.2, 0.25) is 0 Å². The summed E-state index contributed by atoms with van der Waals surface area (Å²) in [7, 11) is 0. The average Bonchev–Trinajstić information content (AvgIpc) is 3.51. The van der Waals surface area contributed by atoms with Crippen LogP contribution < -0.4 is 15.8 Å². The fourth-order valence-electron chi connectivity index (χ4n) is 2.91. The molecule has 0 aliphatic carbocycles. The van der Waals surface area contributed by atoms with E-state index in [-0.39, 0.29) is 12.5 Å². The molecule has 2 aromatic carbocycles. The largest absolute Gasteiger partial charge is 0.488 e. The molecule has 1 aliphatic rings. The molecule has 1 heterocycles. The van der Waals surface area contributed by atoms with Gasteiger partial charge in [-0.2, -0.15) is 10.2 Å². The van der Waals surface area contributed by atoms with Crippen LogP contribution in [-0.4, -0.2) is 24.0 Å². The molecule has 3 rings (SSSR count). The summed E-state index contributed by atoms with van der Waals surface area (Å²) in [6, 6.07) is 13.9. The van der Waals surface area contributed by atoms with E-state index in [1.54, 1.807) is 42.5 Å². The van der Waals surface area contributed by atoms with Crippen LogP contribution in [0, 0.1) is 12.3 Å². The van der Waals surface area contributed by atoms with Crippen LogP contribution in [0.25, 0.3) is 0 Å². The van der Waals surface area contributed by atoms with Gasteiger partial charge in [-0.1, -0.05) is 24.3 Å². The Kier molecular flexibility index (Phi) is 6.25. The first-order valence-corrected chi connectivity index (χ1v) is 9.29. The molecule has 1 aliphatic heterocycles. The summed E-state index contributed by atoms with van der Waals surface area (Å²) in [6.07, 6.45) is 7.23. The van der Waals surface area contributed by atoms with Crippen molar-refractivity contribution >= 4 is 11.8 Å². The van der Waals surface area contributed by atoms with Gasteiger partial charge in [-0.05, 0) is 29.8 Å². The predicted molar refractivity (Wildman–Crippen MR) is 108 cm³/mol. The quantitative estimate of drug-likeness (QED) is 0.609. The molecule has 2 aromatic rings. The molecule has 0 atom stereocenters. The maximum absolute atomic E-state index is 12.4. The number of hydrogen-bond acceptors (Lipinski definition) is 5. The van der Waals surface area contributed by atoms with Crippen LogP contribution in [0.1, 0.15) is 45.5 Å². The first-order chi connectivity index (χ1) is 14.0. The lowest BCUT2D eigenvalue weighted by molar-refractivity contribution is 0.0950. The van der Waals surface area contributed by atoms with Gasteiger partial charge in [0.15, 0.2) is 5.66 Å². The van der Waals surface area contributed by atoms with Gasteiger partial charge in [0.05, 0.1) is 5.56 Å². The van der Waals surface area contributed by atoms with E-state index in [1.165, 1.54) is 0 Å². The van der Waals surface area contributed by atoms with E-state index in [2.05, 4.69) is 21.5 Å². The van der Waals surface area contributed by atoms with Gasteiger partial charge in [0.25, 0.3) is 11.8 Å². The van der Waals surface area contributed by atoms with Gasteiger partial charge in [0.2, 0.25) is 0 Å². The molecule has 3 N–H and O–H groups in total. The number of para-hydroxylation sites is 1. The second-order valence-corrected chi connectivity index (χ2v) is 6.74. The van der Waals surface area contributed by atoms with Gasteiger partial charge in [0, 0.05) is 31.4 Å². The van der Waals surface area contributed by atoms with E-state index in [0.29, 0.717) is 42.7 Å². The van der Waals surface area contributed by atoms with E-state index in [4.69, 9.17) is 16.9 Å². The monoisotopic (exact) mass is 390 g/mol. The first kappa shape index (κ1) is 20.1. The highest BCUT2D eigenvalue weighted by Gasteiger charge is 2.38. The lowest BCUT2D eigenvalue weighted by Crippen LogP contribution is -2.28. The number of hydrogen-bond donors (Lipinski definition) is 2. The molecular weight excluding hydrogens is 368 g/mol.